The molecule has 0 spiro atoms. The number of sulfonamides is 1. The molecular formula is C23H31N3O3S. The van der Waals surface area contributed by atoms with Gasteiger partial charge in [0.2, 0.25) is 0 Å². The predicted octanol–water partition coefficient (Wildman–Crippen LogP) is 3.71. The van der Waals surface area contributed by atoms with E-state index < -0.39 is 10.0 Å². The zero-order valence-electron chi connectivity index (χ0n) is 17.9. The Kier molecular flexibility index (Phi) is 7.15. The van der Waals surface area contributed by atoms with Gasteiger partial charge in [-0.25, -0.2) is 8.42 Å². The first kappa shape index (κ1) is 22.3. The molecule has 0 bridgehead atoms. The molecule has 0 aliphatic carbocycles. The van der Waals surface area contributed by atoms with Gasteiger partial charge in [0, 0.05) is 24.7 Å². The molecule has 7 heteroatoms. The number of amides is 1. The molecule has 1 saturated heterocycles. The molecule has 1 aliphatic rings. The molecule has 6 nitrogen and oxygen atoms in total. The quantitative estimate of drug-likeness (QED) is 0.703. The fourth-order valence-corrected chi connectivity index (χ4v) is 4.88. The van der Waals surface area contributed by atoms with E-state index in [9.17, 15) is 13.2 Å². The third-order valence-electron chi connectivity index (χ3n) is 5.90. The number of carbonyl (C=O) groups excluding carboxylic acids is 1. The van der Waals surface area contributed by atoms with Crippen LogP contribution in [0.5, 0.6) is 0 Å². The van der Waals surface area contributed by atoms with E-state index in [-0.39, 0.29) is 10.8 Å². The molecule has 3 rings (SSSR count). The molecule has 0 aromatic heterocycles. The van der Waals surface area contributed by atoms with Crippen molar-refractivity contribution in [1.29, 1.82) is 0 Å². The van der Waals surface area contributed by atoms with Crippen LogP contribution in [0.4, 0.5) is 5.69 Å². The van der Waals surface area contributed by atoms with E-state index >= 15 is 0 Å². The number of benzene rings is 2. The smallest absolute Gasteiger partial charge is 0.261 e. The van der Waals surface area contributed by atoms with Crippen molar-refractivity contribution in [3.05, 3.63) is 59.2 Å². The Morgan fingerprint density at radius 1 is 1.10 bits per heavy atom. The number of hydrogen-bond donors (Lipinski definition) is 2. The summed E-state index contributed by atoms with van der Waals surface area (Å²) in [6, 6.07) is 12.1. The third-order valence-corrected chi connectivity index (χ3v) is 7.28. The SMILES string of the molecule is Cc1cccc(NS(=O)(=O)c2ccc(C(=O)NCCN3CCCCC3C)cc2)c1C. The highest BCUT2D eigenvalue weighted by Gasteiger charge is 2.19. The third kappa shape index (κ3) is 5.40. The lowest BCUT2D eigenvalue weighted by Crippen LogP contribution is -2.42. The minimum atomic E-state index is -3.72. The van der Waals surface area contributed by atoms with E-state index in [1.54, 1.807) is 18.2 Å². The molecule has 1 atom stereocenters. The standard InChI is InChI=1S/C23H31N3O3S/c1-17-7-6-9-22(19(17)3)25-30(28,29)21-12-10-20(11-13-21)23(27)24-14-16-26-15-5-4-8-18(26)2/h6-7,9-13,18,25H,4-5,8,14-16H2,1-3H3,(H,24,27). The molecule has 0 saturated carbocycles. The summed E-state index contributed by atoms with van der Waals surface area (Å²) < 4.78 is 28.0. The summed E-state index contributed by atoms with van der Waals surface area (Å²) in [5.74, 6) is -0.189. The van der Waals surface area contributed by atoms with Gasteiger partial charge in [0.15, 0.2) is 0 Å². The Labute approximate surface area is 179 Å². The molecule has 2 aromatic rings. The minimum absolute atomic E-state index is 0.127. The number of aryl methyl sites for hydroxylation is 1. The second-order valence-corrected chi connectivity index (χ2v) is 9.70. The first-order chi connectivity index (χ1) is 14.3. The Morgan fingerprint density at radius 3 is 2.53 bits per heavy atom. The van der Waals surface area contributed by atoms with E-state index in [4.69, 9.17) is 0 Å². The maximum atomic E-state index is 12.7. The Bertz CT molecular complexity index is 987. The summed E-state index contributed by atoms with van der Waals surface area (Å²) in [6.45, 7) is 8.54. The summed E-state index contributed by atoms with van der Waals surface area (Å²) in [5.41, 5.74) is 2.91. The van der Waals surface area contributed by atoms with Crippen molar-refractivity contribution in [1.82, 2.24) is 10.2 Å². The molecule has 0 radical (unpaired) electrons. The number of piperidine rings is 1. The monoisotopic (exact) mass is 429 g/mol. The number of carbonyl (C=O) groups is 1. The fourth-order valence-electron chi connectivity index (χ4n) is 3.76. The van der Waals surface area contributed by atoms with E-state index in [0.29, 0.717) is 23.8 Å². The number of nitrogens with one attached hydrogen (secondary N) is 2. The number of likely N-dealkylation sites (tertiary alicyclic amines) is 1. The van der Waals surface area contributed by atoms with Crippen LogP contribution in [0.15, 0.2) is 47.4 Å². The summed E-state index contributed by atoms with van der Waals surface area (Å²) in [4.78, 5) is 14.9. The van der Waals surface area contributed by atoms with Crippen LogP contribution < -0.4 is 10.0 Å². The first-order valence-electron chi connectivity index (χ1n) is 10.5. The number of anilines is 1. The van der Waals surface area contributed by atoms with Gasteiger partial charge < -0.3 is 5.32 Å². The lowest BCUT2D eigenvalue weighted by atomic mass is 10.0. The highest BCUT2D eigenvalue weighted by Crippen LogP contribution is 2.22. The summed E-state index contributed by atoms with van der Waals surface area (Å²) >= 11 is 0. The van der Waals surface area contributed by atoms with E-state index in [0.717, 1.165) is 24.2 Å². The number of rotatable bonds is 7. The zero-order valence-corrected chi connectivity index (χ0v) is 18.8. The zero-order chi connectivity index (χ0) is 21.7. The van der Waals surface area contributed by atoms with Gasteiger partial charge in [-0.15, -0.1) is 0 Å². The van der Waals surface area contributed by atoms with Crippen molar-refractivity contribution in [2.24, 2.45) is 0 Å². The molecule has 2 aromatic carbocycles. The van der Waals surface area contributed by atoms with E-state index in [1.807, 2.05) is 26.0 Å². The summed E-state index contributed by atoms with van der Waals surface area (Å²) in [5, 5.41) is 2.93. The molecule has 2 N–H and O–H groups in total. The van der Waals surface area contributed by atoms with Gasteiger partial charge in [-0.05, 0) is 81.6 Å². The molecular weight excluding hydrogens is 398 g/mol. The van der Waals surface area contributed by atoms with Crippen molar-refractivity contribution >= 4 is 21.6 Å². The van der Waals surface area contributed by atoms with Crippen LogP contribution >= 0.6 is 0 Å². The van der Waals surface area contributed by atoms with Crippen LogP contribution in [-0.4, -0.2) is 44.9 Å². The lowest BCUT2D eigenvalue weighted by Gasteiger charge is -2.33. The van der Waals surface area contributed by atoms with Gasteiger partial charge in [0.1, 0.15) is 0 Å². The Hall–Kier alpha value is -2.38. The Balaban J connectivity index is 1.59. The van der Waals surface area contributed by atoms with Crippen molar-refractivity contribution in [2.45, 2.75) is 51.0 Å². The largest absolute Gasteiger partial charge is 0.351 e. The molecule has 1 heterocycles. The number of hydrogen-bond acceptors (Lipinski definition) is 4. The molecule has 1 unspecified atom stereocenters. The van der Waals surface area contributed by atoms with Crippen LogP contribution in [0.25, 0.3) is 0 Å². The van der Waals surface area contributed by atoms with Gasteiger partial charge in [-0.3, -0.25) is 14.4 Å². The highest BCUT2D eigenvalue weighted by molar-refractivity contribution is 7.92. The molecule has 1 fully saturated rings. The van der Waals surface area contributed by atoms with Gasteiger partial charge in [-0.2, -0.15) is 0 Å². The van der Waals surface area contributed by atoms with Gasteiger partial charge in [-0.1, -0.05) is 18.6 Å². The maximum absolute atomic E-state index is 12.7. The van der Waals surface area contributed by atoms with Crippen LogP contribution in [0.2, 0.25) is 0 Å². The second kappa shape index (κ2) is 9.62. The van der Waals surface area contributed by atoms with Crippen LogP contribution in [-0.2, 0) is 10.0 Å². The molecule has 1 aliphatic heterocycles. The molecule has 30 heavy (non-hydrogen) atoms. The predicted molar refractivity (Wildman–Crippen MR) is 120 cm³/mol. The van der Waals surface area contributed by atoms with Gasteiger partial charge in [0.05, 0.1) is 10.6 Å². The second-order valence-electron chi connectivity index (χ2n) is 8.01. The highest BCUT2D eigenvalue weighted by atomic mass is 32.2. The van der Waals surface area contributed by atoms with E-state index in [2.05, 4.69) is 21.9 Å². The topological polar surface area (TPSA) is 78.5 Å². The summed E-state index contributed by atoms with van der Waals surface area (Å²) in [7, 11) is -3.72. The fraction of sp³-hybridized carbons (Fsp3) is 0.435. The molecule has 1 amide bonds. The minimum Gasteiger partial charge on any atom is -0.351 e. The average Bonchev–Trinajstić information content (AvgIpc) is 2.73. The van der Waals surface area contributed by atoms with Crippen molar-refractivity contribution in [3.63, 3.8) is 0 Å². The van der Waals surface area contributed by atoms with Crippen LogP contribution in [0, 0.1) is 13.8 Å². The summed E-state index contributed by atoms with van der Waals surface area (Å²) in [6.07, 6.45) is 3.70. The van der Waals surface area contributed by atoms with Crippen molar-refractivity contribution in [2.75, 3.05) is 24.4 Å². The average molecular weight is 430 g/mol. The van der Waals surface area contributed by atoms with E-state index in [1.165, 1.54) is 31.4 Å². The lowest BCUT2D eigenvalue weighted by molar-refractivity contribution is 0.0938. The van der Waals surface area contributed by atoms with Crippen molar-refractivity contribution in [3.8, 4) is 0 Å². The molecule has 162 valence electrons. The normalized spacial score (nSPS) is 17.5. The first-order valence-corrected chi connectivity index (χ1v) is 12.0. The van der Waals surface area contributed by atoms with Crippen LogP contribution in [0.1, 0.15) is 47.7 Å². The maximum Gasteiger partial charge on any atom is 0.261 e. The van der Waals surface area contributed by atoms with Crippen molar-refractivity contribution < 1.29 is 13.2 Å². The Morgan fingerprint density at radius 2 is 1.83 bits per heavy atom. The number of nitrogens with zero attached hydrogens (tertiary/aromatic N) is 1. The van der Waals surface area contributed by atoms with Gasteiger partial charge >= 0.3 is 0 Å². The van der Waals surface area contributed by atoms with Crippen LogP contribution in [0.3, 0.4) is 0 Å². The van der Waals surface area contributed by atoms with Gasteiger partial charge in [0.25, 0.3) is 15.9 Å².